The molecule has 0 saturated carbocycles. The van der Waals surface area contributed by atoms with E-state index in [2.05, 4.69) is 19.6 Å². The lowest BCUT2D eigenvalue weighted by molar-refractivity contribution is 0.600. The van der Waals surface area contributed by atoms with E-state index in [1.54, 1.807) is 25.1 Å². The maximum Gasteiger partial charge on any atom is 0.263 e. The molecule has 0 aliphatic rings. The van der Waals surface area contributed by atoms with Crippen LogP contribution in [0.1, 0.15) is 17.5 Å². The average molecular weight is 439 g/mol. The van der Waals surface area contributed by atoms with Gasteiger partial charge in [0.05, 0.1) is 9.79 Å². The Kier molecular flexibility index (Phi) is 5.68. The molecule has 28 heavy (non-hydrogen) atoms. The zero-order valence-corrected chi connectivity index (χ0v) is 17.5. The van der Waals surface area contributed by atoms with E-state index in [1.165, 1.54) is 30.3 Å². The van der Waals surface area contributed by atoms with Gasteiger partial charge in [-0.1, -0.05) is 30.4 Å². The van der Waals surface area contributed by atoms with Gasteiger partial charge in [0.2, 0.25) is 5.13 Å². The molecule has 0 fully saturated rings. The fourth-order valence-corrected chi connectivity index (χ4v) is 5.38. The zero-order chi connectivity index (χ0) is 20.4. The summed E-state index contributed by atoms with van der Waals surface area (Å²) >= 11 is 1.16. The van der Waals surface area contributed by atoms with Gasteiger partial charge in [0.25, 0.3) is 20.0 Å². The summed E-state index contributed by atoms with van der Waals surface area (Å²) < 4.78 is 54.6. The quantitative estimate of drug-likeness (QED) is 0.585. The highest BCUT2D eigenvalue weighted by Gasteiger charge is 2.18. The Bertz CT molecular complexity index is 1190. The molecule has 0 spiro atoms. The predicted octanol–water partition coefficient (Wildman–Crippen LogP) is 3.01. The van der Waals surface area contributed by atoms with Gasteiger partial charge in [-0.25, -0.2) is 16.8 Å². The van der Waals surface area contributed by atoms with Gasteiger partial charge in [-0.05, 0) is 55.3 Å². The van der Waals surface area contributed by atoms with Crippen LogP contribution in [0.5, 0.6) is 0 Å². The molecule has 0 bridgehead atoms. The third kappa shape index (κ3) is 4.66. The van der Waals surface area contributed by atoms with E-state index in [1.807, 2.05) is 6.92 Å². The summed E-state index contributed by atoms with van der Waals surface area (Å²) in [6, 6.07) is 11.9. The van der Waals surface area contributed by atoms with Gasteiger partial charge in [0, 0.05) is 5.69 Å². The maximum absolute atomic E-state index is 12.5. The number of sulfonamides is 2. The van der Waals surface area contributed by atoms with E-state index in [4.69, 9.17) is 0 Å². The Morgan fingerprint density at radius 3 is 2.18 bits per heavy atom. The van der Waals surface area contributed by atoms with E-state index in [9.17, 15) is 16.8 Å². The second-order valence-electron chi connectivity index (χ2n) is 5.91. The molecule has 3 aromatic rings. The van der Waals surface area contributed by atoms with Crippen LogP contribution >= 0.6 is 11.3 Å². The Balaban J connectivity index is 1.77. The fourth-order valence-electron chi connectivity index (χ4n) is 2.31. The smallest absolute Gasteiger partial charge is 0.263 e. The summed E-state index contributed by atoms with van der Waals surface area (Å²) in [5.41, 5.74) is 1.07. The number of rotatable bonds is 7. The Hall–Kier alpha value is -2.50. The number of nitrogens with one attached hydrogen (secondary N) is 2. The zero-order valence-electron chi connectivity index (χ0n) is 15.1. The first-order chi connectivity index (χ1) is 13.2. The van der Waals surface area contributed by atoms with Crippen LogP contribution in [0, 0.1) is 6.92 Å². The summed E-state index contributed by atoms with van der Waals surface area (Å²) in [4.78, 5) is 0.119. The highest BCUT2D eigenvalue weighted by Crippen LogP contribution is 2.22. The summed E-state index contributed by atoms with van der Waals surface area (Å²) in [5, 5.41) is 8.56. The minimum atomic E-state index is -3.85. The minimum absolute atomic E-state index is 0.0146. The molecular weight excluding hydrogens is 420 g/mol. The van der Waals surface area contributed by atoms with Gasteiger partial charge in [-0.3, -0.25) is 9.44 Å². The first-order valence-corrected chi connectivity index (χ1v) is 12.0. The van der Waals surface area contributed by atoms with Crippen molar-refractivity contribution in [2.45, 2.75) is 30.1 Å². The molecule has 0 atom stereocenters. The van der Waals surface area contributed by atoms with Crippen molar-refractivity contribution in [2.24, 2.45) is 0 Å². The highest BCUT2D eigenvalue weighted by atomic mass is 32.2. The average Bonchev–Trinajstić information content (AvgIpc) is 3.09. The minimum Gasteiger partial charge on any atom is -0.280 e. The number of benzene rings is 2. The van der Waals surface area contributed by atoms with Crippen molar-refractivity contribution in [3.63, 3.8) is 0 Å². The number of nitrogens with zero attached hydrogens (tertiary/aromatic N) is 2. The Morgan fingerprint density at radius 2 is 1.57 bits per heavy atom. The van der Waals surface area contributed by atoms with Crippen LogP contribution in [0.15, 0.2) is 58.3 Å². The van der Waals surface area contributed by atoms with Gasteiger partial charge in [0.15, 0.2) is 0 Å². The van der Waals surface area contributed by atoms with E-state index < -0.39 is 20.0 Å². The molecule has 2 aromatic carbocycles. The Morgan fingerprint density at radius 1 is 0.893 bits per heavy atom. The van der Waals surface area contributed by atoms with Gasteiger partial charge >= 0.3 is 0 Å². The maximum atomic E-state index is 12.5. The van der Waals surface area contributed by atoms with Gasteiger partial charge in [-0.15, -0.1) is 10.2 Å². The number of hydrogen-bond acceptors (Lipinski definition) is 7. The monoisotopic (exact) mass is 438 g/mol. The molecule has 1 heterocycles. The van der Waals surface area contributed by atoms with Crippen molar-refractivity contribution in [3.8, 4) is 0 Å². The normalized spacial score (nSPS) is 11.9. The van der Waals surface area contributed by atoms with Crippen LogP contribution < -0.4 is 9.44 Å². The number of hydrogen-bond donors (Lipinski definition) is 2. The van der Waals surface area contributed by atoms with Crippen molar-refractivity contribution < 1.29 is 16.8 Å². The standard InChI is InChI=1S/C17H18N4O4S3/c1-3-16-18-19-17(26-16)21-27(22,23)14-9-7-13(8-10-14)20-28(24,25)15-6-4-5-12(2)11-15/h4-11,20H,3H2,1-2H3,(H,19,21). The van der Waals surface area contributed by atoms with Crippen LogP contribution in [0.25, 0.3) is 0 Å². The van der Waals surface area contributed by atoms with Crippen molar-refractivity contribution in [2.75, 3.05) is 9.44 Å². The lowest BCUT2D eigenvalue weighted by atomic mass is 10.2. The number of aryl methyl sites for hydroxylation is 2. The fraction of sp³-hybridized carbons (Fsp3) is 0.176. The second-order valence-corrected chi connectivity index (χ2v) is 10.3. The summed E-state index contributed by atoms with van der Waals surface area (Å²) in [6.45, 7) is 3.70. The summed E-state index contributed by atoms with van der Waals surface area (Å²) in [6.07, 6.45) is 0.662. The molecular formula is C17H18N4O4S3. The first kappa shape index (κ1) is 20.2. The van der Waals surface area contributed by atoms with Gasteiger partial charge < -0.3 is 0 Å². The lowest BCUT2D eigenvalue weighted by Gasteiger charge is -2.10. The van der Waals surface area contributed by atoms with Crippen molar-refractivity contribution in [1.82, 2.24) is 10.2 Å². The molecule has 0 amide bonds. The molecule has 3 rings (SSSR count). The van der Waals surface area contributed by atoms with Crippen molar-refractivity contribution in [3.05, 3.63) is 59.1 Å². The number of anilines is 2. The molecule has 1 aromatic heterocycles. The molecule has 2 N–H and O–H groups in total. The summed E-state index contributed by atoms with van der Waals surface area (Å²) in [7, 11) is -7.61. The topological polar surface area (TPSA) is 118 Å². The van der Waals surface area contributed by atoms with Crippen LogP contribution in [-0.4, -0.2) is 27.0 Å². The summed E-state index contributed by atoms with van der Waals surface area (Å²) in [5.74, 6) is 0. The molecule has 0 aliphatic carbocycles. The van der Waals surface area contributed by atoms with Crippen molar-refractivity contribution >= 4 is 42.2 Å². The van der Waals surface area contributed by atoms with Crippen LogP contribution in [0.2, 0.25) is 0 Å². The second kappa shape index (κ2) is 7.86. The van der Waals surface area contributed by atoms with Gasteiger partial charge in [0.1, 0.15) is 5.01 Å². The van der Waals surface area contributed by atoms with Crippen LogP contribution in [0.4, 0.5) is 10.8 Å². The van der Waals surface area contributed by atoms with E-state index in [0.717, 1.165) is 21.9 Å². The third-order valence-electron chi connectivity index (χ3n) is 3.71. The van der Waals surface area contributed by atoms with Crippen LogP contribution in [0.3, 0.4) is 0 Å². The van der Waals surface area contributed by atoms with Crippen LogP contribution in [-0.2, 0) is 26.5 Å². The first-order valence-electron chi connectivity index (χ1n) is 8.24. The molecule has 8 nitrogen and oxygen atoms in total. The van der Waals surface area contributed by atoms with Crippen molar-refractivity contribution in [1.29, 1.82) is 0 Å². The predicted molar refractivity (Wildman–Crippen MR) is 109 cm³/mol. The SMILES string of the molecule is CCc1nnc(NS(=O)(=O)c2ccc(NS(=O)(=O)c3cccc(C)c3)cc2)s1. The third-order valence-corrected chi connectivity index (χ3v) is 7.55. The molecule has 0 aliphatic heterocycles. The molecule has 11 heteroatoms. The van der Waals surface area contributed by atoms with E-state index in [0.29, 0.717) is 6.42 Å². The van der Waals surface area contributed by atoms with Gasteiger partial charge in [-0.2, -0.15) is 0 Å². The highest BCUT2D eigenvalue weighted by molar-refractivity contribution is 7.93. The largest absolute Gasteiger partial charge is 0.280 e. The molecule has 148 valence electrons. The van der Waals surface area contributed by atoms with E-state index >= 15 is 0 Å². The molecule has 0 radical (unpaired) electrons. The molecule has 0 saturated heterocycles. The lowest BCUT2D eigenvalue weighted by Crippen LogP contribution is -2.14. The molecule has 0 unspecified atom stereocenters. The Labute approximate surface area is 167 Å². The number of aromatic nitrogens is 2. The van der Waals surface area contributed by atoms with E-state index in [-0.39, 0.29) is 20.6 Å².